The number of hydrogen-bond acceptors (Lipinski definition) is 5. The first-order valence-corrected chi connectivity index (χ1v) is 9.41. The fourth-order valence-electron chi connectivity index (χ4n) is 3.12. The number of hydroxylamine groups is 1. The monoisotopic (exact) mass is 390 g/mol. The standard InChI is InChI=1S/C15H17F3N4O3S/c16-15(17,18)25-22(26(23,24)14-7-2-1-3-8-14)13-6-4-5-12(9-13)21-10-19-20-11-21/h1-3,7-8,10-13H,4-6,9H2/t12-,13+/m1/s1. The molecule has 1 saturated carbocycles. The zero-order chi connectivity index (χ0) is 18.8. The minimum absolute atomic E-state index is 0.110. The molecule has 3 rings (SSSR count). The third kappa shape index (κ3) is 4.22. The third-order valence-electron chi connectivity index (χ3n) is 4.25. The van der Waals surface area contributed by atoms with Gasteiger partial charge in [-0.2, -0.15) is 4.84 Å². The number of halogens is 3. The largest absolute Gasteiger partial charge is 0.540 e. The van der Waals surface area contributed by atoms with Crippen LogP contribution in [0.5, 0.6) is 0 Å². The highest BCUT2D eigenvalue weighted by molar-refractivity contribution is 7.89. The summed E-state index contributed by atoms with van der Waals surface area (Å²) in [5.74, 6) is 0. The molecular weight excluding hydrogens is 373 g/mol. The molecule has 1 aliphatic carbocycles. The molecule has 11 heteroatoms. The number of aromatic nitrogens is 3. The lowest BCUT2D eigenvalue weighted by atomic mass is 9.91. The Morgan fingerprint density at radius 1 is 1.12 bits per heavy atom. The van der Waals surface area contributed by atoms with E-state index in [4.69, 9.17) is 0 Å². The Balaban J connectivity index is 1.91. The van der Waals surface area contributed by atoms with Crippen LogP contribution in [0.4, 0.5) is 13.2 Å². The molecule has 26 heavy (non-hydrogen) atoms. The van der Waals surface area contributed by atoms with Gasteiger partial charge >= 0.3 is 6.36 Å². The molecule has 0 N–H and O–H groups in total. The van der Waals surface area contributed by atoms with E-state index in [9.17, 15) is 21.6 Å². The number of hydrogen-bond donors (Lipinski definition) is 0. The van der Waals surface area contributed by atoms with E-state index in [-0.39, 0.29) is 28.2 Å². The average molecular weight is 390 g/mol. The molecule has 0 saturated heterocycles. The molecule has 7 nitrogen and oxygen atoms in total. The maximum atomic E-state index is 12.9. The first-order chi connectivity index (χ1) is 12.3. The Bertz CT molecular complexity index is 812. The van der Waals surface area contributed by atoms with Crippen LogP contribution in [0.15, 0.2) is 47.9 Å². The van der Waals surface area contributed by atoms with E-state index >= 15 is 0 Å². The van der Waals surface area contributed by atoms with Crippen molar-refractivity contribution >= 4 is 10.0 Å². The van der Waals surface area contributed by atoms with E-state index < -0.39 is 22.4 Å². The summed E-state index contributed by atoms with van der Waals surface area (Å²) in [5, 5.41) is 7.39. The predicted octanol–water partition coefficient (Wildman–Crippen LogP) is 2.90. The first-order valence-electron chi connectivity index (χ1n) is 7.97. The molecule has 0 radical (unpaired) electrons. The second kappa shape index (κ2) is 7.33. The van der Waals surface area contributed by atoms with E-state index in [0.717, 1.165) is 0 Å². The van der Waals surface area contributed by atoms with Gasteiger partial charge in [0.05, 0.1) is 10.9 Å². The van der Waals surface area contributed by atoms with Crippen LogP contribution in [-0.2, 0) is 14.9 Å². The van der Waals surface area contributed by atoms with E-state index in [1.165, 1.54) is 36.9 Å². The van der Waals surface area contributed by atoms with Crippen LogP contribution in [0.2, 0.25) is 0 Å². The predicted molar refractivity (Wildman–Crippen MR) is 83.9 cm³/mol. The van der Waals surface area contributed by atoms with Crippen molar-refractivity contribution < 1.29 is 26.4 Å². The first kappa shape index (κ1) is 18.8. The highest BCUT2D eigenvalue weighted by Gasteiger charge is 2.44. The Morgan fingerprint density at radius 3 is 2.38 bits per heavy atom. The number of benzene rings is 1. The van der Waals surface area contributed by atoms with Gasteiger partial charge in [-0.3, -0.25) is 0 Å². The van der Waals surface area contributed by atoms with Gasteiger partial charge in [0, 0.05) is 6.04 Å². The lowest BCUT2D eigenvalue weighted by molar-refractivity contribution is -0.397. The molecule has 1 aliphatic rings. The molecule has 1 aromatic heterocycles. The molecule has 0 unspecified atom stereocenters. The van der Waals surface area contributed by atoms with Gasteiger partial charge in [0.15, 0.2) is 0 Å². The summed E-state index contributed by atoms with van der Waals surface area (Å²) in [6, 6.07) is 5.79. The maximum Gasteiger partial charge on any atom is 0.540 e. The number of alkyl halides is 3. The SMILES string of the molecule is O=S(=O)(c1ccccc1)N(OC(F)(F)F)[C@H]1CCC[C@@H](n2cnnc2)C1. The van der Waals surface area contributed by atoms with E-state index in [0.29, 0.717) is 12.8 Å². The van der Waals surface area contributed by atoms with Crippen molar-refractivity contribution in [3.05, 3.63) is 43.0 Å². The quantitative estimate of drug-likeness (QED) is 0.734. The molecule has 0 spiro atoms. The van der Waals surface area contributed by atoms with E-state index in [1.54, 1.807) is 10.6 Å². The molecule has 2 atom stereocenters. The number of sulfonamides is 1. The second-order valence-corrected chi connectivity index (χ2v) is 7.78. The van der Waals surface area contributed by atoms with Gasteiger partial charge in [-0.15, -0.1) is 23.4 Å². The zero-order valence-electron chi connectivity index (χ0n) is 13.6. The highest BCUT2D eigenvalue weighted by atomic mass is 32.2. The zero-order valence-corrected chi connectivity index (χ0v) is 14.4. The summed E-state index contributed by atoms with van der Waals surface area (Å²) in [5.41, 5.74) is 0. The van der Waals surface area contributed by atoms with Crippen molar-refractivity contribution in [3.63, 3.8) is 0 Å². The Kier molecular flexibility index (Phi) is 5.30. The van der Waals surface area contributed by atoms with Crippen LogP contribution < -0.4 is 0 Å². The molecule has 0 bridgehead atoms. The Labute approximate surface area is 148 Å². The van der Waals surface area contributed by atoms with E-state index in [2.05, 4.69) is 15.0 Å². The lowest BCUT2D eigenvalue weighted by Crippen LogP contribution is -2.46. The van der Waals surface area contributed by atoms with Crippen molar-refractivity contribution in [2.24, 2.45) is 0 Å². The molecule has 142 valence electrons. The van der Waals surface area contributed by atoms with Gasteiger partial charge < -0.3 is 4.57 Å². The topological polar surface area (TPSA) is 77.3 Å². The van der Waals surface area contributed by atoms with E-state index in [1.807, 2.05) is 0 Å². The molecule has 1 heterocycles. The van der Waals surface area contributed by atoms with Crippen LogP contribution in [0, 0.1) is 0 Å². The van der Waals surface area contributed by atoms with Crippen LogP contribution in [0.25, 0.3) is 0 Å². The molecule has 1 aromatic carbocycles. The smallest absolute Gasteiger partial charge is 0.317 e. The fraction of sp³-hybridized carbons (Fsp3) is 0.467. The summed E-state index contributed by atoms with van der Waals surface area (Å²) in [6.45, 7) is 0. The molecule has 0 amide bonds. The minimum Gasteiger partial charge on any atom is -0.317 e. The minimum atomic E-state index is -5.12. The summed E-state index contributed by atoms with van der Waals surface area (Å²) >= 11 is 0. The van der Waals surface area contributed by atoms with Crippen molar-refractivity contribution in [1.82, 2.24) is 19.2 Å². The molecule has 1 fully saturated rings. The van der Waals surface area contributed by atoms with Gasteiger partial charge in [0.25, 0.3) is 10.0 Å². The van der Waals surface area contributed by atoms with Gasteiger partial charge in [-0.25, -0.2) is 8.42 Å². The Hall–Kier alpha value is -1.98. The molecular formula is C15H17F3N4O3S. The van der Waals surface area contributed by atoms with Crippen LogP contribution in [0.1, 0.15) is 31.7 Å². The summed E-state index contributed by atoms with van der Waals surface area (Å²) < 4.78 is 66.1. The van der Waals surface area contributed by atoms with Crippen molar-refractivity contribution in [2.45, 2.75) is 49.0 Å². The maximum absolute atomic E-state index is 12.9. The van der Waals surface area contributed by atoms with Gasteiger partial charge in [0.1, 0.15) is 12.7 Å². The van der Waals surface area contributed by atoms with Crippen LogP contribution in [0.3, 0.4) is 0 Å². The van der Waals surface area contributed by atoms with Crippen molar-refractivity contribution in [3.8, 4) is 0 Å². The lowest BCUT2D eigenvalue weighted by Gasteiger charge is -2.35. The fourth-order valence-corrected chi connectivity index (χ4v) is 4.59. The summed E-state index contributed by atoms with van der Waals surface area (Å²) in [6.07, 6.45) is -0.511. The van der Waals surface area contributed by atoms with Crippen molar-refractivity contribution in [1.29, 1.82) is 0 Å². The van der Waals surface area contributed by atoms with Gasteiger partial charge in [0.2, 0.25) is 0 Å². The normalized spacial score (nSPS) is 21.8. The molecule has 2 aromatic rings. The van der Waals surface area contributed by atoms with Crippen molar-refractivity contribution in [2.75, 3.05) is 0 Å². The number of nitrogens with zero attached hydrogens (tertiary/aromatic N) is 4. The number of rotatable bonds is 5. The summed E-state index contributed by atoms with van der Waals surface area (Å²) in [7, 11) is -4.48. The molecule has 0 aliphatic heterocycles. The van der Waals surface area contributed by atoms with Crippen LogP contribution in [-0.4, -0.2) is 40.1 Å². The average Bonchev–Trinajstić information content (AvgIpc) is 3.14. The summed E-state index contributed by atoms with van der Waals surface area (Å²) in [4.78, 5) is 3.71. The highest BCUT2D eigenvalue weighted by Crippen LogP contribution is 2.36. The van der Waals surface area contributed by atoms with Crippen LogP contribution >= 0.6 is 0 Å². The Morgan fingerprint density at radius 2 is 1.77 bits per heavy atom. The third-order valence-corrected chi connectivity index (χ3v) is 5.96. The van der Waals surface area contributed by atoms with Gasteiger partial charge in [-0.1, -0.05) is 22.7 Å². The second-order valence-electron chi connectivity index (χ2n) is 5.99. The van der Waals surface area contributed by atoms with Gasteiger partial charge in [-0.05, 0) is 37.8 Å².